The van der Waals surface area contributed by atoms with Gasteiger partial charge in [0.15, 0.2) is 6.04 Å². The van der Waals surface area contributed by atoms with Crippen LogP contribution < -0.4 is 5.32 Å². The first-order chi connectivity index (χ1) is 13.7. The van der Waals surface area contributed by atoms with Gasteiger partial charge in [-0.15, -0.1) is 11.3 Å². The molecule has 1 fully saturated rings. The molecule has 1 amide bonds. The number of alkyl carbamates (subject to hydrolysis) is 1. The van der Waals surface area contributed by atoms with E-state index in [9.17, 15) is 14.7 Å². The van der Waals surface area contributed by atoms with Crippen molar-refractivity contribution in [3.63, 3.8) is 0 Å². The molecule has 2 rings (SSSR count). The predicted octanol–water partition coefficient (Wildman–Crippen LogP) is 3.61. The zero-order valence-corrected chi connectivity index (χ0v) is 18.7. The van der Waals surface area contributed by atoms with Crippen molar-refractivity contribution in [2.24, 2.45) is 0 Å². The summed E-state index contributed by atoms with van der Waals surface area (Å²) in [6, 6.07) is 2.56. The topological polar surface area (TPSA) is 88.1 Å². The molecule has 0 aromatic carbocycles. The fourth-order valence-corrected chi connectivity index (χ4v) is 4.33. The van der Waals surface area contributed by atoms with Crippen LogP contribution in [0, 0.1) is 0 Å². The summed E-state index contributed by atoms with van der Waals surface area (Å²) in [4.78, 5) is 28.7. The van der Waals surface area contributed by atoms with Crippen molar-refractivity contribution in [3.8, 4) is 0 Å². The Labute approximate surface area is 177 Å². The lowest BCUT2D eigenvalue weighted by atomic mass is 10.1. The van der Waals surface area contributed by atoms with Crippen molar-refractivity contribution in [2.45, 2.75) is 77.7 Å². The summed E-state index contributed by atoms with van der Waals surface area (Å²) >= 11 is 1.45. The lowest BCUT2D eigenvalue weighted by Gasteiger charge is -2.25. The monoisotopic (exact) mass is 426 g/mol. The maximum Gasteiger partial charge on any atom is 0.408 e. The third-order valence-corrected chi connectivity index (χ3v) is 5.72. The van der Waals surface area contributed by atoms with Gasteiger partial charge in [0.05, 0.1) is 6.61 Å². The molecule has 2 heterocycles. The van der Waals surface area contributed by atoms with Crippen LogP contribution in [0.2, 0.25) is 0 Å². The molecular weight excluding hydrogens is 392 g/mol. The van der Waals surface area contributed by atoms with Crippen LogP contribution in [0.3, 0.4) is 0 Å². The first-order valence-electron chi connectivity index (χ1n) is 10.3. The molecule has 0 spiro atoms. The number of thiophene rings is 1. The number of nitrogens with one attached hydrogen (secondary N) is 1. The molecule has 1 aromatic heterocycles. The SMILES string of the molecule is CCOC(=O)C(NC(=O)OC(C)(C)C)C(O)c1ccc(CN2CCCCCC2)s1. The van der Waals surface area contributed by atoms with E-state index < -0.39 is 29.8 Å². The minimum absolute atomic E-state index is 0.155. The minimum Gasteiger partial charge on any atom is -0.464 e. The molecule has 1 aliphatic heterocycles. The van der Waals surface area contributed by atoms with Gasteiger partial charge in [-0.25, -0.2) is 9.59 Å². The van der Waals surface area contributed by atoms with Crippen molar-refractivity contribution in [2.75, 3.05) is 19.7 Å². The lowest BCUT2D eigenvalue weighted by Crippen LogP contribution is -2.47. The van der Waals surface area contributed by atoms with Crippen LogP contribution in [-0.4, -0.2) is 53.4 Å². The Morgan fingerprint density at radius 3 is 2.45 bits per heavy atom. The molecule has 0 saturated carbocycles. The van der Waals surface area contributed by atoms with E-state index in [1.807, 2.05) is 12.1 Å². The van der Waals surface area contributed by atoms with Gasteiger partial charge in [0.25, 0.3) is 0 Å². The summed E-state index contributed by atoms with van der Waals surface area (Å²) < 4.78 is 10.3. The molecule has 8 heteroatoms. The molecule has 2 unspecified atom stereocenters. The van der Waals surface area contributed by atoms with Gasteiger partial charge in [-0.3, -0.25) is 4.90 Å². The number of hydrogen-bond donors (Lipinski definition) is 2. The van der Waals surface area contributed by atoms with Crippen LogP contribution >= 0.6 is 11.3 Å². The molecule has 7 nitrogen and oxygen atoms in total. The fourth-order valence-electron chi connectivity index (χ4n) is 3.25. The molecular formula is C21H34N2O5S. The quantitative estimate of drug-likeness (QED) is 0.648. The van der Waals surface area contributed by atoms with E-state index >= 15 is 0 Å². The highest BCUT2D eigenvalue weighted by molar-refractivity contribution is 7.12. The van der Waals surface area contributed by atoms with Gasteiger partial charge in [0, 0.05) is 16.3 Å². The second-order valence-corrected chi connectivity index (χ2v) is 9.52. The third-order valence-electron chi connectivity index (χ3n) is 4.58. The number of amides is 1. The first kappa shape index (κ1) is 23.6. The Morgan fingerprint density at radius 2 is 1.86 bits per heavy atom. The molecule has 29 heavy (non-hydrogen) atoms. The average molecular weight is 427 g/mol. The van der Waals surface area contributed by atoms with Crippen LogP contribution in [-0.2, 0) is 20.8 Å². The fraction of sp³-hybridized carbons (Fsp3) is 0.714. The number of ether oxygens (including phenoxy) is 2. The molecule has 1 aromatic rings. The van der Waals surface area contributed by atoms with E-state index in [1.165, 1.54) is 37.0 Å². The second-order valence-electron chi connectivity index (χ2n) is 8.32. The third kappa shape index (κ3) is 7.95. The lowest BCUT2D eigenvalue weighted by molar-refractivity contribution is -0.148. The number of nitrogens with zero attached hydrogens (tertiary/aromatic N) is 1. The maximum absolute atomic E-state index is 12.4. The number of aliphatic hydroxyl groups is 1. The van der Waals surface area contributed by atoms with Gasteiger partial charge in [-0.05, 0) is 65.8 Å². The highest BCUT2D eigenvalue weighted by Gasteiger charge is 2.33. The standard InChI is InChI=1S/C21H34N2O5S/c1-5-27-19(25)17(22-20(26)28-21(2,3)4)18(24)16-11-10-15(29-16)14-23-12-8-6-7-9-13-23/h10-11,17-18,24H,5-9,12-14H2,1-4H3,(H,22,26). The first-order valence-corrected chi connectivity index (χ1v) is 11.2. The van der Waals surface area contributed by atoms with Gasteiger partial charge in [0.2, 0.25) is 0 Å². The highest BCUT2D eigenvalue weighted by atomic mass is 32.1. The molecule has 0 radical (unpaired) electrons. The van der Waals surface area contributed by atoms with Crippen molar-refractivity contribution >= 4 is 23.4 Å². The van der Waals surface area contributed by atoms with E-state index in [4.69, 9.17) is 9.47 Å². The van der Waals surface area contributed by atoms with Crippen LogP contribution in [0.15, 0.2) is 12.1 Å². The van der Waals surface area contributed by atoms with Crippen molar-refractivity contribution in [1.82, 2.24) is 10.2 Å². The van der Waals surface area contributed by atoms with Crippen LogP contribution in [0.25, 0.3) is 0 Å². The molecule has 1 saturated heterocycles. The Bertz CT molecular complexity index is 662. The van der Waals surface area contributed by atoms with Crippen LogP contribution in [0.1, 0.15) is 69.2 Å². The number of likely N-dealkylation sites (tertiary alicyclic amines) is 1. The van der Waals surface area contributed by atoms with Gasteiger partial charge in [-0.1, -0.05) is 12.8 Å². The highest BCUT2D eigenvalue weighted by Crippen LogP contribution is 2.28. The smallest absolute Gasteiger partial charge is 0.408 e. The molecule has 164 valence electrons. The predicted molar refractivity (Wildman–Crippen MR) is 113 cm³/mol. The summed E-state index contributed by atoms with van der Waals surface area (Å²) in [6.45, 7) is 10.0. The molecule has 0 aliphatic carbocycles. The summed E-state index contributed by atoms with van der Waals surface area (Å²) in [6.07, 6.45) is 3.02. The number of carbonyl (C=O) groups is 2. The summed E-state index contributed by atoms with van der Waals surface area (Å²) in [5, 5.41) is 13.3. The van der Waals surface area contributed by atoms with Gasteiger partial charge in [0.1, 0.15) is 11.7 Å². The van der Waals surface area contributed by atoms with Crippen molar-refractivity contribution in [1.29, 1.82) is 0 Å². The van der Waals surface area contributed by atoms with E-state index in [1.54, 1.807) is 27.7 Å². The van der Waals surface area contributed by atoms with Crippen molar-refractivity contribution < 1.29 is 24.2 Å². The summed E-state index contributed by atoms with van der Waals surface area (Å²) in [5.74, 6) is -0.687. The number of aliphatic hydroxyl groups excluding tert-OH is 1. The molecule has 0 bridgehead atoms. The Morgan fingerprint density at radius 1 is 1.21 bits per heavy atom. The number of hydrogen-bond acceptors (Lipinski definition) is 7. The van der Waals surface area contributed by atoms with E-state index in [0.717, 1.165) is 24.5 Å². The molecule has 2 N–H and O–H groups in total. The number of carbonyl (C=O) groups excluding carboxylic acids is 2. The number of rotatable bonds is 7. The van der Waals surface area contributed by atoms with Crippen molar-refractivity contribution in [3.05, 3.63) is 21.9 Å². The minimum atomic E-state index is -1.23. The molecule has 2 atom stereocenters. The maximum atomic E-state index is 12.4. The van der Waals surface area contributed by atoms with Crippen LogP contribution in [0.4, 0.5) is 4.79 Å². The van der Waals surface area contributed by atoms with E-state index in [2.05, 4.69) is 10.2 Å². The normalized spacial score (nSPS) is 17.8. The van der Waals surface area contributed by atoms with Gasteiger partial charge in [-0.2, -0.15) is 0 Å². The Balaban J connectivity index is 2.07. The van der Waals surface area contributed by atoms with Crippen LogP contribution in [0.5, 0.6) is 0 Å². The zero-order chi connectivity index (χ0) is 21.4. The summed E-state index contributed by atoms with van der Waals surface area (Å²) in [7, 11) is 0. The summed E-state index contributed by atoms with van der Waals surface area (Å²) in [5.41, 5.74) is -0.711. The number of esters is 1. The average Bonchev–Trinajstić information content (AvgIpc) is 2.93. The van der Waals surface area contributed by atoms with Gasteiger partial charge < -0.3 is 19.9 Å². The molecule has 1 aliphatic rings. The zero-order valence-electron chi connectivity index (χ0n) is 17.9. The van der Waals surface area contributed by atoms with E-state index in [0.29, 0.717) is 4.88 Å². The van der Waals surface area contributed by atoms with Gasteiger partial charge >= 0.3 is 12.1 Å². The second kappa shape index (κ2) is 10.9. The largest absolute Gasteiger partial charge is 0.464 e. The Kier molecular flexibility index (Phi) is 8.92. The Hall–Kier alpha value is -1.64. The van der Waals surface area contributed by atoms with E-state index in [-0.39, 0.29) is 6.61 Å².